The summed E-state index contributed by atoms with van der Waals surface area (Å²) < 4.78 is 10.2. The van der Waals surface area contributed by atoms with Crippen LogP contribution >= 0.6 is 0 Å². The molecule has 7 heteroatoms. The fourth-order valence-electron chi connectivity index (χ4n) is 2.29. The lowest BCUT2D eigenvalue weighted by atomic mass is 10.0. The van der Waals surface area contributed by atoms with E-state index in [2.05, 4.69) is 10.6 Å². The predicted octanol–water partition coefficient (Wildman–Crippen LogP) is 0.919. The van der Waals surface area contributed by atoms with Crippen molar-refractivity contribution in [3.63, 3.8) is 0 Å². The minimum atomic E-state index is -0.973. The van der Waals surface area contributed by atoms with Crippen molar-refractivity contribution in [1.29, 1.82) is 0 Å². The molecule has 1 saturated carbocycles. The summed E-state index contributed by atoms with van der Waals surface area (Å²) in [5, 5.41) is 15.1. The minimum Gasteiger partial charge on any atom is -0.493 e. The summed E-state index contributed by atoms with van der Waals surface area (Å²) in [6.45, 7) is 1.72. The largest absolute Gasteiger partial charge is 0.493 e. The van der Waals surface area contributed by atoms with Crippen molar-refractivity contribution in [3.05, 3.63) is 18.2 Å². The molecule has 0 spiro atoms. The van der Waals surface area contributed by atoms with E-state index >= 15 is 0 Å². The van der Waals surface area contributed by atoms with Crippen LogP contribution in [0.15, 0.2) is 18.2 Å². The van der Waals surface area contributed by atoms with Gasteiger partial charge in [-0.25, -0.2) is 0 Å². The molecule has 0 radical (unpaired) electrons. The molecule has 0 heterocycles. The van der Waals surface area contributed by atoms with Gasteiger partial charge in [-0.1, -0.05) is 0 Å². The Morgan fingerprint density at radius 1 is 1.22 bits per heavy atom. The van der Waals surface area contributed by atoms with E-state index in [1.165, 1.54) is 14.2 Å². The summed E-state index contributed by atoms with van der Waals surface area (Å²) in [5.74, 6) is -0.431. The summed E-state index contributed by atoms with van der Waals surface area (Å²) >= 11 is 0. The van der Waals surface area contributed by atoms with Gasteiger partial charge in [0, 0.05) is 18.3 Å². The second-order valence-electron chi connectivity index (χ2n) is 5.84. The molecule has 1 aromatic rings. The number of amides is 2. The van der Waals surface area contributed by atoms with Gasteiger partial charge in [0.05, 0.1) is 19.8 Å². The minimum absolute atomic E-state index is 0.0514. The molecule has 1 aliphatic carbocycles. The van der Waals surface area contributed by atoms with Crippen LogP contribution in [-0.4, -0.2) is 43.3 Å². The maximum absolute atomic E-state index is 11.9. The molecule has 0 aliphatic heterocycles. The molecular weight excluding hydrogens is 300 g/mol. The topological polar surface area (TPSA) is 96.9 Å². The van der Waals surface area contributed by atoms with Gasteiger partial charge in [0.2, 0.25) is 0 Å². The average molecular weight is 322 g/mol. The van der Waals surface area contributed by atoms with Crippen molar-refractivity contribution in [2.24, 2.45) is 5.92 Å². The molecule has 2 rings (SSSR count). The number of carbonyl (C=O) groups excluding carboxylic acids is 2. The summed E-state index contributed by atoms with van der Waals surface area (Å²) in [6, 6.07) is 4.79. The zero-order chi connectivity index (χ0) is 17.0. The Morgan fingerprint density at radius 3 is 2.43 bits per heavy atom. The number of benzene rings is 1. The van der Waals surface area contributed by atoms with E-state index in [0.717, 1.165) is 12.8 Å². The standard InChI is InChI=1S/C16H22N2O5/c1-16(21,10-4-5-10)9-17-14(19)15(20)18-11-6-7-12(22-2)13(8-11)23-3/h6-8,10,21H,4-5,9H2,1-3H3,(H,17,19)(H,18,20). The van der Waals surface area contributed by atoms with Crippen molar-refractivity contribution < 1.29 is 24.2 Å². The second-order valence-corrected chi connectivity index (χ2v) is 5.84. The number of carbonyl (C=O) groups is 2. The van der Waals surface area contributed by atoms with Crippen LogP contribution in [0.5, 0.6) is 11.5 Å². The molecule has 126 valence electrons. The number of anilines is 1. The van der Waals surface area contributed by atoms with E-state index in [-0.39, 0.29) is 12.5 Å². The fourth-order valence-corrected chi connectivity index (χ4v) is 2.29. The first-order chi connectivity index (χ1) is 10.9. The summed E-state index contributed by atoms with van der Waals surface area (Å²) in [5.41, 5.74) is -0.559. The van der Waals surface area contributed by atoms with Crippen molar-refractivity contribution in [2.75, 3.05) is 26.1 Å². The Hall–Kier alpha value is -2.28. The third-order valence-electron chi connectivity index (χ3n) is 3.91. The van der Waals surface area contributed by atoms with E-state index < -0.39 is 17.4 Å². The summed E-state index contributed by atoms with van der Waals surface area (Å²) in [6.07, 6.45) is 1.89. The van der Waals surface area contributed by atoms with E-state index in [9.17, 15) is 14.7 Å². The number of hydrogen-bond acceptors (Lipinski definition) is 5. The Balaban J connectivity index is 1.91. The van der Waals surface area contributed by atoms with Gasteiger partial charge >= 0.3 is 11.8 Å². The lowest BCUT2D eigenvalue weighted by Gasteiger charge is -2.22. The van der Waals surface area contributed by atoms with E-state index in [4.69, 9.17) is 9.47 Å². The van der Waals surface area contributed by atoms with Crippen LogP contribution in [0.4, 0.5) is 5.69 Å². The summed E-state index contributed by atoms with van der Waals surface area (Å²) in [7, 11) is 2.99. The zero-order valence-electron chi connectivity index (χ0n) is 13.5. The van der Waals surface area contributed by atoms with E-state index in [1.807, 2.05) is 0 Å². The highest BCUT2D eigenvalue weighted by Crippen LogP contribution is 2.39. The van der Waals surface area contributed by atoms with Gasteiger partial charge in [0.1, 0.15) is 0 Å². The molecule has 1 atom stereocenters. The molecule has 0 aromatic heterocycles. The SMILES string of the molecule is COc1ccc(NC(=O)C(=O)NCC(C)(O)C2CC2)cc1OC. The molecule has 2 amide bonds. The molecular formula is C16H22N2O5. The number of aliphatic hydroxyl groups is 1. The number of methoxy groups -OCH3 is 2. The highest BCUT2D eigenvalue weighted by Gasteiger charge is 2.40. The molecule has 1 unspecified atom stereocenters. The van der Waals surface area contributed by atoms with Crippen LogP contribution in [0.1, 0.15) is 19.8 Å². The van der Waals surface area contributed by atoms with Gasteiger partial charge in [-0.2, -0.15) is 0 Å². The van der Waals surface area contributed by atoms with Gasteiger partial charge < -0.3 is 25.2 Å². The predicted molar refractivity (Wildman–Crippen MR) is 84.5 cm³/mol. The molecule has 0 saturated heterocycles. The molecule has 0 bridgehead atoms. The van der Waals surface area contributed by atoms with Crippen LogP contribution in [0.3, 0.4) is 0 Å². The summed E-state index contributed by atoms with van der Waals surface area (Å²) in [4.78, 5) is 23.7. The van der Waals surface area contributed by atoms with Crippen molar-refractivity contribution >= 4 is 17.5 Å². The Morgan fingerprint density at radius 2 is 1.87 bits per heavy atom. The van der Waals surface area contributed by atoms with Crippen LogP contribution in [-0.2, 0) is 9.59 Å². The van der Waals surface area contributed by atoms with E-state index in [0.29, 0.717) is 17.2 Å². The van der Waals surface area contributed by atoms with Gasteiger partial charge in [0.15, 0.2) is 11.5 Å². The first-order valence-corrected chi connectivity index (χ1v) is 7.41. The van der Waals surface area contributed by atoms with E-state index in [1.54, 1.807) is 25.1 Å². The highest BCUT2D eigenvalue weighted by molar-refractivity contribution is 6.39. The van der Waals surface area contributed by atoms with Gasteiger partial charge in [-0.3, -0.25) is 9.59 Å². The van der Waals surface area contributed by atoms with Crippen molar-refractivity contribution in [1.82, 2.24) is 5.32 Å². The monoisotopic (exact) mass is 322 g/mol. The number of nitrogens with one attached hydrogen (secondary N) is 2. The molecule has 1 aliphatic rings. The lowest BCUT2D eigenvalue weighted by molar-refractivity contribution is -0.136. The zero-order valence-corrected chi connectivity index (χ0v) is 13.5. The molecule has 23 heavy (non-hydrogen) atoms. The molecule has 7 nitrogen and oxygen atoms in total. The van der Waals surface area contributed by atoms with Gasteiger partial charge in [-0.05, 0) is 37.8 Å². The van der Waals surface area contributed by atoms with Crippen LogP contribution < -0.4 is 20.1 Å². The van der Waals surface area contributed by atoms with Crippen LogP contribution in [0.2, 0.25) is 0 Å². The Kier molecular flexibility index (Phi) is 5.10. The third-order valence-corrected chi connectivity index (χ3v) is 3.91. The van der Waals surface area contributed by atoms with Gasteiger partial charge in [0.25, 0.3) is 0 Å². The van der Waals surface area contributed by atoms with Crippen molar-refractivity contribution in [2.45, 2.75) is 25.4 Å². The smallest absolute Gasteiger partial charge is 0.313 e. The average Bonchev–Trinajstić information content (AvgIpc) is 3.37. The Labute approximate surface area is 135 Å². The molecule has 3 N–H and O–H groups in total. The molecule has 1 aromatic carbocycles. The highest BCUT2D eigenvalue weighted by atomic mass is 16.5. The maximum Gasteiger partial charge on any atom is 0.313 e. The number of rotatable bonds is 6. The van der Waals surface area contributed by atoms with Crippen LogP contribution in [0, 0.1) is 5.92 Å². The number of hydrogen-bond donors (Lipinski definition) is 3. The fraction of sp³-hybridized carbons (Fsp3) is 0.500. The first-order valence-electron chi connectivity index (χ1n) is 7.41. The normalized spacial score (nSPS) is 16.2. The number of ether oxygens (including phenoxy) is 2. The third kappa shape index (κ3) is 4.35. The lowest BCUT2D eigenvalue weighted by Crippen LogP contribution is -2.45. The second kappa shape index (κ2) is 6.87. The maximum atomic E-state index is 11.9. The first kappa shape index (κ1) is 17.1. The molecule has 1 fully saturated rings. The van der Waals surface area contributed by atoms with Crippen molar-refractivity contribution in [3.8, 4) is 11.5 Å². The van der Waals surface area contributed by atoms with Gasteiger partial charge in [-0.15, -0.1) is 0 Å². The quantitative estimate of drug-likeness (QED) is 0.677. The Bertz CT molecular complexity index is 596. The van der Waals surface area contributed by atoms with Crippen LogP contribution in [0.25, 0.3) is 0 Å².